The number of hydrogen-bond acceptors (Lipinski definition) is 3. The maximum Gasteiger partial charge on any atom is 0.258 e. The number of rotatable bonds is 4. The van der Waals surface area contributed by atoms with Crippen LogP contribution < -0.4 is 16.0 Å². The summed E-state index contributed by atoms with van der Waals surface area (Å²) in [5, 5.41) is 1.61. The van der Waals surface area contributed by atoms with Gasteiger partial charge in [-0.05, 0) is 42.7 Å². The molecule has 20 heavy (non-hydrogen) atoms. The Balaban J connectivity index is 1.76. The molecule has 1 aromatic carbocycles. The molecule has 2 unspecified atom stereocenters. The van der Waals surface area contributed by atoms with Crippen molar-refractivity contribution >= 4 is 10.8 Å². The Morgan fingerprint density at radius 3 is 2.90 bits per heavy atom. The van der Waals surface area contributed by atoms with Crippen LogP contribution in [-0.2, 0) is 0 Å². The van der Waals surface area contributed by atoms with Crippen LogP contribution >= 0.6 is 0 Å². The normalized spacial score (nSPS) is 22.2. The predicted molar refractivity (Wildman–Crippen MR) is 79.9 cm³/mol. The van der Waals surface area contributed by atoms with E-state index in [1.807, 2.05) is 30.3 Å². The maximum atomic E-state index is 12.0. The number of aromatic nitrogens is 1. The van der Waals surface area contributed by atoms with Gasteiger partial charge in [-0.15, -0.1) is 0 Å². The van der Waals surface area contributed by atoms with Crippen molar-refractivity contribution in [3.05, 3.63) is 40.7 Å². The van der Waals surface area contributed by atoms with E-state index < -0.39 is 0 Å². The van der Waals surface area contributed by atoms with Crippen LogP contribution in [0, 0.1) is 11.8 Å². The van der Waals surface area contributed by atoms with Crippen molar-refractivity contribution in [2.45, 2.75) is 19.3 Å². The molecule has 106 valence electrons. The van der Waals surface area contributed by atoms with Crippen molar-refractivity contribution in [3.63, 3.8) is 0 Å². The van der Waals surface area contributed by atoms with Crippen molar-refractivity contribution in [3.8, 4) is 5.88 Å². The monoisotopic (exact) mass is 272 g/mol. The Bertz CT molecular complexity index is 650. The molecule has 2 aromatic rings. The van der Waals surface area contributed by atoms with Gasteiger partial charge in [-0.1, -0.05) is 24.6 Å². The van der Waals surface area contributed by atoms with Crippen molar-refractivity contribution in [1.29, 1.82) is 0 Å². The fourth-order valence-corrected chi connectivity index (χ4v) is 3.10. The van der Waals surface area contributed by atoms with Crippen LogP contribution in [0.1, 0.15) is 19.3 Å². The van der Waals surface area contributed by atoms with Gasteiger partial charge >= 0.3 is 0 Å². The van der Waals surface area contributed by atoms with Gasteiger partial charge in [0.15, 0.2) is 5.88 Å². The molecule has 1 saturated carbocycles. The summed E-state index contributed by atoms with van der Waals surface area (Å²) in [6, 6.07) is 9.42. The van der Waals surface area contributed by atoms with Crippen LogP contribution in [-0.4, -0.2) is 18.1 Å². The zero-order chi connectivity index (χ0) is 13.9. The van der Waals surface area contributed by atoms with Gasteiger partial charge in [0.1, 0.15) is 0 Å². The fourth-order valence-electron chi connectivity index (χ4n) is 3.10. The highest BCUT2D eigenvalue weighted by Crippen LogP contribution is 2.31. The van der Waals surface area contributed by atoms with Gasteiger partial charge in [-0.25, -0.2) is 0 Å². The topological polar surface area (TPSA) is 68.1 Å². The van der Waals surface area contributed by atoms with E-state index >= 15 is 0 Å². The highest BCUT2D eigenvalue weighted by atomic mass is 16.5. The molecule has 0 spiro atoms. The average molecular weight is 272 g/mol. The summed E-state index contributed by atoms with van der Waals surface area (Å²) in [4.78, 5) is 14.8. The van der Waals surface area contributed by atoms with Crippen LogP contribution in [0.4, 0.5) is 0 Å². The van der Waals surface area contributed by atoms with Gasteiger partial charge < -0.3 is 10.5 Å². The van der Waals surface area contributed by atoms with Gasteiger partial charge in [0.25, 0.3) is 5.56 Å². The number of H-pyrrole nitrogens is 1. The number of nitrogens with one attached hydrogen (secondary N) is 1. The highest BCUT2D eigenvalue weighted by Gasteiger charge is 2.26. The van der Waals surface area contributed by atoms with Crippen LogP contribution in [0.2, 0.25) is 0 Å². The van der Waals surface area contributed by atoms with Crippen LogP contribution in [0.3, 0.4) is 0 Å². The third-order valence-corrected chi connectivity index (χ3v) is 4.30. The molecule has 3 rings (SSSR count). The number of benzene rings is 1. The van der Waals surface area contributed by atoms with E-state index in [0.29, 0.717) is 29.7 Å². The van der Waals surface area contributed by atoms with E-state index in [4.69, 9.17) is 10.5 Å². The lowest BCUT2D eigenvalue weighted by Crippen LogP contribution is -2.24. The van der Waals surface area contributed by atoms with Crippen LogP contribution in [0.15, 0.2) is 35.1 Å². The molecule has 3 N–H and O–H groups in total. The van der Waals surface area contributed by atoms with Crippen molar-refractivity contribution in [1.82, 2.24) is 4.98 Å². The molecule has 0 saturated heterocycles. The molecule has 1 aliphatic rings. The number of ether oxygens (including phenoxy) is 1. The molecule has 0 aliphatic heterocycles. The van der Waals surface area contributed by atoms with Crippen molar-refractivity contribution in [2.75, 3.05) is 13.2 Å². The molecule has 1 fully saturated rings. The minimum atomic E-state index is -0.0973. The van der Waals surface area contributed by atoms with Gasteiger partial charge in [-0.2, -0.15) is 0 Å². The molecule has 0 radical (unpaired) electrons. The summed E-state index contributed by atoms with van der Waals surface area (Å²) in [5.74, 6) is 1.62. The second-order valence-corrected chi connectivity index (χ2v) is 5.55. The Labute approximate surface area is 117 Å². The average Bonchev–Trinajstić information content (AvgIpc) is 2.93. The third-order valence-electron chi connectivity index (χ3n) is 4.30. The van der Waals surface area contributed by atoms with Gasteiger partial charge in [0, 0.05) is 11.5 Å². The summed E-state index contributed by atoms with van der Waals surface area (Å²) >= 11 is 0. The van der Waals surface area contributed by atoms with E-state index in [2.05, 4.69) is 4.98 Å². The lowest BCUT2D eigenvalue weighted by molar-refractivity contribution is 0.210. The van der Waals surface area contributed by atoms with E-state index in [1.165, 1.54) is 19.3 Å². The Kier molecular flexibility index (Phi) is 3.74. The smallest absolute Gasteiger partial charge is 0.258 e. The first-order valence-corrected chi connectivity index (χ1v) is 7.23. The van der Waals surface area contributed by atoms with Crippen molar-refractivity contribution < 1.29 is 4.74 Å². The van der Waals surface area contributed by atoms with E-state index in [1.54, 1.807) is 0 Å². The summed E-state index contributed by atoms with van der Waals surface area (Å²) in [5.41, 5.74) is 5.68. The first-order valence-electron chi connectivity index (χ1n) is 7.23. The highest BCUT2D eigenvalue weighted by molar-refractivity contribution is 5.82. The van der Waals surface area contributed by atoms with Crippen LogP contribution in [0.5, 0.6) is 5.88 Å². The van der Waals surface area contributed by atoms with E-state index in [9.17, 15) is 4.79 Å². The van der Waals surface area contributed by atoms with Crippen molar-refractivity contribution in [2.24, 2.45) is 17.6 Å². The molecule has 4 nitrogen and oxygen atoms in total. The van der Waals surface area contributed by atoms with E-state index in [-0.39, 0.29) is 5.56 Å². The number of aromatic amines is 1. The van der Waals surface area contributed by atoms with Crippen LogP contribution in [0.25, 0.3) is 10.8 Å². The fraction of sp³-hybridized carbons (Fsp3) is 0.438. The van der Waals surface area contributed by atoms with E-state index in [0.717, 1.165) is 11.9 Å². The number of fused-ring (bicyclic) bond motifs is 1. The summed E-state index contributed by atoms with van der Waals surface area (Å²) < 4.78 is 5.80. The second-order valence-electron chi connectivity index (χ2n) is 5.55. The Morgan fingerprint density at radius 2 is 2.05 bits per heavy atom. The standard InChI is InChI=1S/C16H20N2O2/c17-9-12-5-3-6-13(12)10-20-15-8-11-4-1-2-7-14(11)16(19)18-15/h1-2,4,7-8,12-13H,3,5-6,9-10,17H2,(H,18,19). The number of pyridine rings is 1. The molecule has 0 bridgehead atoms. The molecule has 1 heterocycles. The maximum absolute atomic E-state index is 12.0. The summed E-state index contributed by atoms with van der Waals surface area (Å²) in [6.45, 7) is 1.36. The molecule has 1 aliphatic carbocycles. The SMILES string of the molecule is NCC1CCCC1COc1cc2ccccc2c(=O)[nH]1. The first-order chi connectivity index (χ1) is 9.78. The molecular weight excluding hydrogens is 252 g/mol. The van der Waals surface area contributed by atoms with Gasteiger partial charge in [0.05, 0.1) is 6.61 Å². The second kappa shape index (κ2) is 5.67. The first kappa shape index (κ1) is 13.2. The molecule has 1 aromatic heterocycles. The van der Waals surface area contributed by atoms with Gasteiger partial charge in [0.2, 0.25) is 0 Å². The lowest BCUT2D eigenvalue weighted by atomic mass is 9.97. The number of nitrogens with two attached hydrogens (primary N) is 1. The summed E-state index contributed by atoms with van der Waals surface area (Å²) in [6.07, 6.45) is 3.59. The predicted octanol–water partition coefficient (Wildman–Crippen LogP) is 2.28. The molecule has 4 heteroatoms. The molecule has 0 amide bonds. The quantitative estimate of drug-likeness (QED) is 0.897. The minimum Gasteiger partial charge on any atom is -0.479 e. The Hall–Kier alpha value is -1.81. The van der Waals surface area contributed by atoms with Gasteiger partial charge in [-0.3, -0.25) is 9.78 Å². The molecule has 2 atom stereocenters. The number of hydrogen-bond donors (Lipinski definition) is 2. The zero-order valence-corrected chi connectivity index (χ0v) is 11.5. The largest absolute Gasteiger partial charge is 0.479 e. The lowest BCUT2D eigenvalue weighted by Gasteiger charge is -2.18. The zero-order valence-electron chi connectivity index (χ0n) is 11.5. The third kappa shape index (κ3) is 2.56. The molecular formula is C16H20N2O2. The summed E-state index contributed by atoms with van der Waals surface area (Å²) in [7, 11) is 0. The minimum absolute atomic E-state index is 0.0973. The Morgan fingerprint density at radius 1 is 1.25 bits per heavy atom.